The van der Waals surface area contributed by atoms with Crippen molar-refractivity contribution in [2.24, 2.45) is 0 Å². The van der Waals surface area contributed by atoms with Gasteiger partial charge in [0.05, 0.1) is 5.75 Å². The minimum Gasteiger partial charge on any atom is -0.338 e. The minimum atomic E-state index is -3.22. The Morgan fingerprint density at radius 2 is 2.11 bits per heavy atom. The summed E-state index contributed by atoms with van der Waals surface area (Å²) in [4.78, 5) is 14.2. The van der Waals surface area contributed by atoms with Crippen LogP contribution < -0.4 is 5.32 Å². The number of sulfone groups is 1. The van der Waals surface area contributed by atoms with Gasteiger partial charge in [-0.15, -0.1) is 0 Å². The number of hydrogen-bond acceptors (Lipinski definition) is 4. The van der Waals surface area contributed by atoms with E-state index in [2.05, 4.69) is 5.32 Å². The van der Waals surface area contributed by atoms with Gasteiger partial charge < -0.3 is 10.2 Å². The molecule has 0 bridgehead atoms. The van der Waals surface area contributed by atoms with Crippen LogP contribution in [0.3, 0.4) is 0 Å². The Hall–Kier alpha value is -0.620. The molecule has 2 saturated heterocycles. The molecule has 2 fully saturated rings. The maximum atomic E-state index is 12.5. The average molecular weight is 274 g/mol. The minimum absolute atomic E-state index is 0.166. The molecule has 2 unspecified atom stereocenters. The van der Waals surface area contributed by atoms with Gasteiger partial charge in [0.1, 0.15) is 5.25 Å². The highest BCUT2D eigenvalue weighted by molar-refractivity contribution is 7.92. The second-order valence-electron chi connectivity index (χ2n) is 5.12. The third-order valence-electron chi connectivity index (χ3n) is 3.95. The molecule has 104 valence electrons. The standard InChI is InChI=1S/C12H22N2O3S/c1-2-14(10-6-7-13-9-10)12(15)11-5-3-4-8-18(11,16)17/h10-11,13H,2-9H2,1H3. The van der Waals surface area contributed by atoms with Crippen LogP contribution >= 0.6 is 0 Å². The molecule has 2 atom stereocenters. The molecule has 2 rings (SSSR count). The topological polar surface area (TPSA) is 66.5 Å². The van der Waals surface area contributed by atoms with Gasteiger partial charge >= 0.3 is 0 Å². The fourth-order valence-corrected chi connectivity index (χ4v) is 4.78. The molecule has 0 aliphatic carbocycles. The molecule has 0 aromatic rings. The molecule has 0 radical (unpaired) electrons. The van der Waals surface area contributed by atoms with Crippen molar-refractivity contribution < 1.29 is 13.2 Å². The summed E-state index contributed by atoms with van der Waals surface area (Å²) in [7, 11) is -3.22. The second-order valence-corrected chi connectivity index (χ2v) is 7.43. The monoisotopic (exact) mass is 274 g/mol. The zero-order valence-electron chi connectivity index (χ0n) is 10.9. The number of nitrogens with zero attached hydrogens (tertiary/aromatic N) is 1. The fraction of sp³-hybridized carbons (Fsp3) is 0.917. The van der Waals surface area contributed by atoms with Crippen LogP contribution in [-0.2, 0) is 14.6 Å². The van der Waals surface area contributed by atoms with E-state index in [1.54, 1.807) is 4.90 Å². The maximum Gasteiger partial charge on any atom is 0.241 e. The summed E-state index contributed by atoms with van der Waals surface area (Å²) in [5, 5.41) is 2.44. The molecule has 0 saturated carbocycles. The predicted molar refractivity (Wildman–Crippen MR) is 70.1 cm³/mol. The molecule has 18 heavy (non-hydrogen) atoms. The van der Waals surface area contributed by atoms with Crippen molar-refractivity contribution in [3.63, 3.8) is 0 Å². The summed E-state index contributed by atoms with van der Waals surface area (Å²) >= 11 is 0. The lowest BCUT2D eigenvalue weighted by Gasteiger charge is -2.32. The molecule has 1 amide bonds. The number of likely N-dealkylation sites (N-methyl/N-ethyl adjacent to an activating group) is 1. The van der Waals surface area contributed by atoms with Gasteiger partial charge in [0.15, 0.2) is 9.84 Å². The first-order valence-corrected chi connectivity index (χ1v) is 8.50. The highest BCUT2D eigenvalue weighted by atomic mass is 32.2. The zero-order valence-corrected chi connectivity index (χ0v) is 11.7. The van der Waals surface area contributed by atoms with Crippen molar-refractivity contribution in [1.29, 1.82) is 0 Å². The van der Waals surface area contributed by atoms with Gasteiger partial charge in [-0.05, 0) is 32.7 Å². The third-order valence-corrected chi connectivity index (χ3v) is 6.11. The summed E-state index contributed by atoms with van der Waals surface area (Å²) in [6, 6.07) is 0.166. The van der Waals surface area contributed by atoms with Crippen molar-refractivity contribution in [3.05, 3.63) is 0 Å². The van der Waals surface area contributed by atoms with E-state index >= 15 is 0 Å². The van der Waals surface area contributed by atoms with E-state index in [0.29, 0.717) is 19.4 Å². The molecule has 0 aromatic carbocycles. The van der Waals surface area contributed by atoms with E-state index in [1.807, 2.05) is 6.92 Å². The summed E-state index contributed by atoms with van der Waals surface area (Å²) in [5.74, 6) is -0.00458. The van der Waals surface area contributed by atoms with Crippen LogP contribution in [-0.4, -0.2) is 55.9 Å². The first-order chi connectivity index (χ1) is 8.56. The largest absolute Gasteiger partial charge is 0.338 e. The number of nitrogens with one attached hydrogen (secondary N) is 1. The molecular weight excluding hydrogens is 252 g/mol. The summed E-state index contributed by atoms with van der Waals surface area (Å²) in [5.41, 5.74) is 0. The molecule has 0 aromatic heterocycles. The Balaban J connectivity index is 2.12. The van der Waals surface area contributed by atoms with Crippen LogP contribution in [0.4, 0.5) is 0 Å². The number of amides is 1. The van der Waals surface area contributed by atoms with Gasteiger partial charge in [-0.25, -0.2) is 8.42 Å². The Morgan fingerprint density at radius 3 is 2.67 bits per heavy atom. The smallest absolute Gasteiger partial charge is 0.241 e. The Morgan fingerprint density at radius 1 is 1.33 bits per heavy atom. The quantitative estimate of drug-likeness (QED) is 0.796. The van der Waals surface area contributed by atoms with Crippen LogP contribution in [0, 0.1) is 0 Å². The Labute approximate surface area is 109 Å². The van der Waals surface area contributed by atoms with E-state index in [-0.39, 0.29) is 17.7 Å². The SMILES string of the molecule is CCN(C(=O)C1CCCCS1(=O)=O)C1CCNC1. The highest BCUT2D eigenvalue weighted by Gasteiger charge is 2.39. The zero-order chi connectivity index (χ0) is 13.2. The average Bonchev–Trinajstić information content (AvgIpc) is 2.83. The molecule has 2 heterocycles. The lowest BCUT2D eigenvalue weighted by Crippen LogP contribution is -2.50. The molecule has 2 aliphatic heterocycles. The van der Waals surface area contributed by atoms with Gasteiger partial charge in [-0.3, -0.25) is 4.79 Å². The van der Waals surface area contributed by atoms with Gasteiger partial charge in [-0.1, -0.05) is 6.42 Å². The fourth-order valence-electron chi connectivity index (χ4n) is 2.92. The van der Waals surface area contributed by atoms with E-state index in [0.717, 1.165) is 25.9 Å². The molecule has 2 aliphatic rings. The summed E-state index contributed by atoms with van der Waals surface area (Å²) in [6.45, 7) is 4.21. The number of carbonyl (C=O) groups excluding carboxylic acids is 1. The van der Waals surface area contributed by atoms with Crippen molar-refractivity contribution in [2.45, 2.75) is 43.9 Å². The molecule has 5 nitrogen and oxygen atoms in total. The van der Waals surface area contributed by atoms with Crippen molar-refractivity contribution in [2.75, 3.05) is 25.4 Å². The number of carbonyl (C=O) groups is 1. The summed E-state index contributed by atoms with van der Waals surface area (Å²) < 4.78 is 24.0. The predicted octanol–water partition coefficient (Wildman–Crippen LogP) is 0.164. The van der Waals surface area contributed by atoms with Gasteiger partial charge in [-0.2, -0.15) is 0 Å². The van der Waals surface area contributed by atoms with E-state index in [1.165, 1.54) is 0 Å². The van der Waals surface area contributed by atoms with Crippen molar-refractivity contribution in [1.82, 2.24) is 10.2 Å². The maximum absolute atomic E-state index is 12.5. The van der Waals surface area contributed by atoms with Gasteiger partial charge in [0.2, 0.25) is 5.91 Å². The first-order valence-electron chi connectivity index (χ1n) is 6.79. The molecular formula is C12H22N2O3S. The van der Waals surface area contributed by atoms with Crippen molar-refractivity contribution in [3.8, 4) is 0 Å². The number of rotatable bonds is 3. The summed E-state index contributed by atoms with van der Waals surface area (Å²) in [6.07, 6.45) is 2.96. The van der Waals surface area contributed by atoms with Crippen LogP contribution in [0.2, 0.25) is 0 Å². The normalized spacial score (nSPS) is 31.2. The van der Waals surface area contributed by atoms with Gasteiger partial charge in [0.25, 0.3) is 0 Å². The van der Waals surface area contributed by atoms with Crippen LogP contribution in [0.15, 0.2) is 0 Å². The number of hydrogen-bond donors (Lipinski definition) is 1. The van der Waals surface area contributed by atoms with E-state index < -0.39 is 15.1 Å². The van der Waals surface area contributed by atoms with Crippen LogP contribution in [0.25, 0.3) is 0 Å². The van der Waals surface area contributed by atoms with Crippen LogP contribution in [0.5, 0.6) is 0 Å². The van der Waals surface area contributed by atoms with E-state index in [4.69, 9.17) is 0 Å². The third kappa shape index (κ3) is 2.69. The van der Waals surface area contributed by atoms with Crippen molar-refractivity contribution >= 4 is 15.7 Å². The lowest BCUT2D eigenvalue weighted by molar-refractivity contribution is -0.132. The molecule has 0 spiro atoms. The first kappa shape index (κ1) is 13.8. The highest BCUT2D eigenvalue weighted by Crippen LogP contribution is 2.23. The second kappa shape index (κ2) is 5.57. The van der Waals surface area contributed by atoms with Crippen LogP contribution in [0.1, 0.15) is 32.6 Å². The molecule has 6 heteroatoms. The van der Waals surface area contributed by atoms with Gasteiger partial charge in [0, 0.05) is 19.1 Å². The molecule has 1 N–H and O–H groups in total. The Bertz CT molecular complexity index is 402. The lowest BCUT2D eigenvalue weighted by atomic mass is 10.1. The van der Waals surface area contributed by atoms with E-state index in [9.17, 15) is 13.2 Å². The Kier molecular flexibility index (Phi) is 4.27.